The third-order valence-electron chi connectivity index (χ3n) is 4.19. The Balaban J connectivity index is 2.13. The summed E-state index contributed by atoms with van der Waals surface area (Å²) < 4.78 is 6.12. The zero-order valence-corrected chi connectivity index (χ0v) is 14.2. The average Bonchev–Trinajstić information content (AvgIpc) is 2.53. The molecule has 0 fully saturated rings. The van der Waals surface area contributed by atoms with Crippen molar-refractivity contribution in [1.29, 1.82) is 0 Å². The summed E-state index contributed by atoms with van der Waals surface area (Å²) >= 11 is 0. The number of para-hydroxylation sites is 1. The van der Waals surface area contributed by atoms with E-state index >= 15 is 0 Å². The van der Waals surface area contributed by atoms with Gasteiger partial charge in [0.15, 0.2) is 0 Å². The summed E-state index contributed by atoms with van der Waals surface area (Å²) in [4.78, 5) is 2.43. The number of nitrogens with zero attached hydrogens (tertiary/aromatic N) is 1. The molecule has 2 heteroatoms. The van der Waals surface area contributed by atoms with E-state index < -0.39 is 0 Å². The molecular formula is C20H27NO. The number of aryl methyl sites for hydroxylation is 2. The molecule has 0 N–H and O–H groups in total. The first-order chi connectivity index (χ1) is 10.7. The molecule has 0 heterocycles. The summed E-state index contributed by atoms with van der Waals surface area (Å²) in [5, 5.41) is 0. The fourth-order valence-electron chi connectivity index (χ4n) is 2.72. The molecule has 2 nitrogen and oxygen atoms in total. The molecule has 2 aromatic rings. The molecular weight excluding hydrogens is 270 g/mol. The Morgan fingerprint density at radius 1 is 0.818 bits per heavy atom. The standard InChI is InChI=1S/C20H27NO/c1-5-21(6-2)14-18-12-7-8-13-19(18)15-22-20-16(3)10-9-11-17(20)4/h7-13H,5-6,14-15H2,1-4H3. The fraction of sp³-hybridized carbons (Fsp3) is 0.400. The first-order valence-corrected chi connectivity index (χ1v) is 8.13. The van der Waals surface area contributed by atoms with E-state index in [9.17, 15) is 0 Å². The summed E-state index contributed by atoms with van der Waals surface area (Å²) in [5.74, 6) is 1.01. The predicted octanol–water partition coefficient (Wildman–Crippen LogP) is 4.72. The highest BCUT2D eigenvalue weighted by atomic mass is 16.5. The summed E-state index contributed by atoms with van der Waals surface area (Å²) in [6.45, 7) is 12.4. The first kappa shape index (κ1) is 16.6. The SMILES string of the molecule is CCN(CC)Cc1ccccc1COc1c(C)cccc1C. The number of ether oxygens (including phenoxy) is 1. The average molecular weight is 297 g/mol. The third-order valence-corrected chi connectivity index (χ3v) is 4.19. The van der Waals surface area contributed by atoms with Crippen LogP contribution in [0, 0.1) is 13.8 Å². The minimum Gasteiger partial charge on any atom is -0.488 e. The maximum Gasteiger partial charge on any atom is 0.125 e. The molecule has 0 unspecified atom stereocenters. The normalized spacial score (nSPS) is 11.0. The number of rotatable bonds is 7. The second-order valence-corrected chi connectivity index (χ2v) is 5.74. The predicted molar refractivity (Wildman–Crippen MR) is 93.3 cm³/mol. The summed E-state index contributed by atoms with van der Waals surface area (Å²) in [6.07, 6.45) is 0. The fourth-order valence-corrected chi connectivity index (χ4v) is 2.72. The lowest BCUT2D eigenvalue weighted by Gasteiger charge is -2.20. The highest BCUT2D eigenvalue weighted by Crippen LogP contribution is 2.24. The molecule has 0 aliphatic carbocycles. The number of hydrogen-bond acceptors (Lipinski definition) is 2. The molecule has 0 saturated heterocycles. The summed E-state index contributed by atoms with van der Waals surface area (Å²) in [6, 6.07) is 14.9. The lowest BCUT2D eigenvalue weighted by molar-refractivity contribution is 0.281. The van der Waals surface area contributed by atoms with Crippen LogP contribution in [-0.2, 0) is 13.2 Å². The lowest BCUT2D eigenvalue weighted by Crippen LogP contribution is -2.23. The molecule has 0 aromatic heterocycles. The van der Waals surface area contributed by atoms with Crippen LogP contribution in [0.2, 0.25) is 0 Å². The molecule has 0 bridgehead atoms. The van der Waals surface area contributed by atoms with E-state index in [1.165, 1.54) is 22.3 Å². The number of benzene rings is 2. The topological polar surface area (TPSA) is 12.5 Å². The largest absolute Gasteiger partial charge is 0.488 e. The van der Waals surface area contributed by atoms with E-state index in [1.807, 2.05) is 0 Å². The Hall–Kier alpha value is -1.80. The van der Waals surface area contributed by atoms with Crippen molar-refractivity contribution in [3.8, 4) is 5.75 Å². The van der Waals surface area contributed by atoms with Gasteiger partial charge in [-0.15, -0.1) is 0 Å². The molecule has 0 aliphatic rings. The zero-order chi connectivity index (χ0) is 15.9. The molecule has 0 aliphatic heterocycles. The molecule has 0 radical (unpaired) electrons. The van der Waals surface area contributed by atoms with Crippen molar-refractivity contribution in [1.82, 2.24) is 4.90 Å². The van der Waals surface area contributed by atoms with Gasteiger partial charge in [-0.2, -0.15) is 0 Å². The van der Waals surface area contributed by atoms with Crippen LogP contribution in [-0.4, -0.2) is 18.0 Å². The van der Waals surface area contributed by atoms with E-state index in [2.05, 4.69) is 75.1 Å². The first-order valence-electron chi connectivity index (χ1n) is 8.13. The van der Waals surface area contributed by atoms with Gasteiger partial charge < -0.3 is 4.74 Å². The molecule has 2 aromatic carbocycles. The van der Waals surface area contributed by atoms with E-state index in [1.54, 1.807) is 0 Å². The summed E-state index contributed by atoms with van der Waals surface area (Å²) in [7, 11) is 0. The van der Waals surface area contributed by atoms with Crippen molar-refractivity contribution in [3.05, 3.63) is 64.7 Å². The highest BCUT2D eigenvalue weighted by molar-refractivity contribution is 5.40. The second kappa shape index (κ2) is 8.00. The van der Waals surface area contributed by atoms with Crippen LogP contribution in [0.25, 0.3) is 0 Å². The van der Waals surface area contributed by atoms with Crippen molar-refractivity contribution in [3.63, 3.8) is 0 Å². The van der Waals surface area contributed by atoms with Gasteiger partial charge in [0.05, 0.1) is 0 Å². The molecule has 0 atom stereocenters. The highest BCUT2D eigenvalue weighted by Gasteiger charge is 2.08. The zero-order valence-electron chi connectivity index (χ0n) is 14.2. The number of hydrogen-bond donors (Lipinski definition) is 0. The van der Waals surface area contributed by atoms with Gasteiger partial charge in [-0.1, -0.05) is 56.3 Å². The van der Waals surface area contributed by atoms with Crippen LogP contribution in [0.15, 0.2) is 42.5 Å². The minimum atomic E-state index is 0.628. The molecule has 22 heavy (non-hydrogen) atoms. The van der Waals surface area contributed by atoms with Crippen LogP contribution in [0.5, 0.6) is 5.75 Å². The Kier molecular flexibility index (Phi) is 6.02. The van der Waals surface area contributed by atoms with Crippen molar-refractivity contribution >= 4 is 0 Å². The quantitative estimate of drug-likeness (QED) is 0.733. The van der Waals surface area contributed by atoms with Crippen molar-refractivity contribution < 1.29 is 4.74 Å². The molecule has 0 amide bonds. The van der Waals surface area contributed by atoms with Crippen LogP contribution in [0.3, 0.4) is 0 Å². The van der Waals surface area contributed by atoms with E-state index in [0.717, 1.165) is 25.4 Å². The van der Waals surface area contributed by atoms with E-state index in [0.29, 0.717) is 6.61 Å². The summed E-state index contributed by atoms with van der Waals surface area (Å²) in [5.41, 5.74) is 5.02. The Labute approximate surface area is 134 Å². The van der Waals surface area contributed by atoms with Crippen molar-refractivity contribution in [2.24, 2.45) is 0 Å². The molecule has 118 valence electrons. The van der Waals surface area contributed by atoms with Gasteiger partial charge in [-0.05, 0) is 49.2 Å². The molecule has 0 saturated carbocycles. The second-order valence-electron chi connectivity index (χ2n) is 5.74. The van der Waals surface area contributed by atoms with Gasteiger partial charge in [-0.3, -0.25) is 4.90 Å². The van der Waals surface area contributed by atoms with Gasteiger partial charge in [0, 0.05) is 6.54 Å². The third kappa shape index (κ3) is 4.11. The van der Waals surface area contributed by atoms with Gasteiger partial charge in [-0.25, -0.2) is 0 Å². The Morgan fingerprint density at radius 2 is 1.41 bits per heavy atom. The Morgan fingerprint density at radius 3 is 2.00 bits per heavy atom. The smallest absolute Gasteiger partial charge is 0.125 e. The minimum absolute atomic E-state index is 0.628. The van der Waals surface area contributed by atoms with Gasteiger partial charge in [0.25, 0.3) is 0 Å². The van der Waals surface area contributed by atoms with Crippen molar-refractivity contribution in [2.45, 2.75) is 40.8 Å². The van der Waals surface area contributed by atoms with Gasteiger partial charge in [0.2, 0.25) is 0 Å². The van der Waals surface area contributed by atoms with Crippen LogP contribution in [0.4, 0.5) is 0 Å². The van der Waals surface area contributed by atoms with E-state index in [4.69, 9.17) is 4.74 Å². The maximum absolute atomic E-state index is 6.12. The molecule has 0 spiro atoms. The van der Waals surface area contributed by atoms with Gasteiger partial charge in [0.1, 0.15) is 12.4 Å². The Bertz CT molecular complexity index is 582. The van der Waals surface area contributed by atoms with Crippen molar-refractivity contribution in [2.75, 3.05) is 13.1 Å². The van der Waals surface area contributed by atoms with E-state index in [-0.39, 0.29) is 0 Å². The lowest BCUT2D eigenvalue weighted by atomic mass is 10.1. The molecule has 2 rings (SSSR count). The van der Waals surface area contributed by atoms with Gasteiger partial charge >= 0.3 is 0 Å². The van der Waals surface area contributed by atoms with Crippen LogP contribution >= 0.6 is 0 Å². The van der Waals surface area contributed by atoms with Crippen LogP contribution < -0.4 is 4.74 Å². The monoisotopic (exact) mass is 297 g/mol. The maximum atomic E-state index is 6.12. The van der Waals surface area contributed by atoms with Crippen LogP contribution in [0.1, 0.15) is 36.1 Å².